The highest BCUT2D eigenvalue weighted by Crippen LogP contribution is 2.32. The van der Waals surface area contributed by atoms with Crippen molar-refractivity contribution in [2.24, 2.45) is 0 Å². The van der Waals surface area contributed by atoms with E-state index in [0.717, 1.165) is 11.3 Å². The summed E-state index contributed by atoms with van der Waals surface area (Å²) in [5, 5.41) is 14.3. The van der Waals surface area contributed by atoms with E-state index in [9.17, 15) is 4.79 Å². The van der Waals surface area contributed by atoms with E-state index >= 15 is 0 Å². The Morgan fingerprint density at radius 3 is 2.65 bits per heavy atom. The van der Waals surface area contributed by atoms with Crippen molar-refractivity contribution < 1.29 is 19.4 Å². The number of aliphatic hydroxyl groups is 1. The van der Waals surface area contributed by atoms with E-state index in [-0.39, 0.29) is 24.7 Å². The molecule has 0 bridgehead atoms. The highest BCUT2D eigenvalue weighted by Gasteiger charge is 2.16. The Balaban J connectivity index is 1.98. The van der Waals surface area contributed by atoms with Crippen molar-refractivity contribution in [2.75, 3.05) is 19.8 Å². The Morgan fingerprint density at radius 2 is 1.95 bits per heavy atom. The molecule has 2 amide bonds. The lowest BCUT2D eigenvalue weighted by Gasteiger charge is -2.21. The molecule has 1 aromatic rings. The van der Waals surface area contributed by atoms with Crippen LogP contribution >= 0.6 is 0 Å². The normalized spacial score (nSPS) is 16.1. The van der Waals surface area contributed by atoms with Crippen LogP contribution in [0.1, 0.15) is 25.5 Å². The van der Waals surface area contributed by atoms with E-state index in [0.29, 0.717) is 19.0 Å². The van der Waals surface area contributed by atoms with E-state index in [2.05, 4.69) is 10.6 Å². The van der Waals surface area contributed by atoms with E-state index < -0.39 is 0 Å². The molecular formula is C14H20N2O4. The first-order valence-corrected chi connectivity index (χ1v) is 6.67. The maximum Gasteiger partial charge on any atom is 0.315 e. The molecule has 1 aliphatic rings. The van der Waals surface area contributed by atoms with Crippen molar-refractivity contribution in [1.82, 2.24) is 10.6 Å². The first kappa shape index (κ1) is 14.5. The van der Waals surface area contributed by atoms with Gasteiger partial charge in [0, 0.05) is 0 Å². The van der Waals surface area contributed by atoms with Crippen LogP contribution < -0.4 is 20.1 Å². The van der Waals surface area contributed by atoms with E-state index in [1.807, 2.05) is 25.1 Å². The van der Waals surface area contributed by atoms with Gasteiger partial charge in [0.1, 0.15) is 13.2 Å². The number of hydrogen-bond donors (Lipinski definition) is 3. The fraction of sp³-hybridized carbons (Fsp3) is 0.500. The van der Waals surface area contributed by atoms with Gasteiger partial charge in [0.05, 0.1) is 18.7 Å². The van der Waals surface area contributed by atoms with Crippen molar-refractivity contribution in [3.8, 4) is 11.5 Å². The molecule has 20 heavy (non-hydrogen) atoms. The standard InChI is InChI=1S/C14H20N2O4/c1-9(8-17)15-14(18)16-10(2)11-3-4-12-13(7-11)20-6-5-19-12/h3-4,7,9-10,17H,5-6,8H2,1-2H3,(H2,15,16,18)/t9-,10-/m1/s1. The zero-order chi connectivity index (χ0) is 14.5. The highest BCUT2D eigenvalue weighted by molar-refractivity contribution is 5.74. The number of benzene rings is 1. The van der Waals surface area contributed by atoms with Gasteiger partial charge in [0.15, 0.2) is 11.5 Å². The van der Waals surface area contributed by atoms with Crippen LogP contribution in [0.4, 0.5) is 4.79 Å². The Labute approximate surface area is 118 Å². The number of nitrogens with one attached hydrogen (secondary N) is 2. The van der Waals surface area contributed by atoms with Crippen LogP contribution in [0.5, 0.6) is 11.5 Å². The Morgan fingerprint density at radius 1 is 1.25 bits per heavy atom. The summed E-state index contributed by atoms with van der Waals surface area (Å²) < 4.78 is 11.0. The fourth-order valence-electron chi connectivity index (χ4n) is 1.92. The number of ether oxygens (including phenoxy) is 2. The Kier molecular flexibility index (Phi) is 4.68. The number of urea groups is 1. The van der Waals surface area contributed by atoms with Crippen molar-refractivity contribution >= 4 is 6.03 Å². The van der Waals surface area contributed by atoms with E-state index in [4.69, 9.17) is 14.6 Å². The fourth-order valence-corrected chi connectivity index (χ4v) is 1.92. The molecule has 6 nitrogen and oxygen atoms in total. The molecule has 1 aromatic carbocycles. The molecule has 0 spiro atoms. The highest BCUT2D eigenvalue weighted by atomic mass is 16.6. The van der Waals surface area contributed by atoms with Gasteiger partial charge in [-0.3, -0.25) is 0 Å². The molecule has 1 heterocycles. The molecule has 6 heteroatoms. The van der Waals surface area contributed by atoms with Gasteiger partial charge in [-0.2, -0.15) is 0 Å². The zero-order valence-corrected chi connectivity index (χ0v) is 11.7. The van der Waals surface area contributed by atoms with Crippen LogP contribution in [0.15, 0.2) is 18.2 Å². The SMILES string of the molecule is C[C@H](CO)NC(=O)N[C@H](C)c1ccc2c(c1)OCCO2. The minimum atomic E-state index is -0.311. The van der Waals surface area contributed by atoms with Gasteiger partial charge >= 0.3 is 6.03 Å². The predicted molar refractivity (Wildman–Crippen MR) is 74.1 cm³/mol. The molecule has 0 aromatic heterocycles. The van der Waals surface area contributed by atoms with Gasteiger partial charge < -0.3 is 25.2 Å². The number of carbonyl (C=O) groups excluding carboxylic acids is 1. The third-order valence-corrected chi connectivity index (χ3v) is 3.07. The van der Waals surface area contributed by atoms with Crippen molar-refractivity contribution in [1.29, 1.82) is 0 Å². The van der Waals surface area contributed by atoms with Crippen molar-refractivity contribution in [3.05, 3.63) is 23.8 Å². The number of aliphatic hydroxyl groups excluding tert-OH is 1. The molecule has 3 N–H and O–H groups in total. The summed E-state index contributed by atoms with van der Waals surface area (Å²) in [5.41, 5.74) is 0.932. The van der Waals surface area contributed by atoms with Crippen LogP contribution in [0.3, 0.4) is 0 Å². The second-order valence-corrected chi connectivity index (χ2v) is 4.83. The molecule has 2 atom stereocenters. The summed E-state index contributed by atoms with van der Waals surface area (Å²) in [6, 6.07) is 4.85. The molecule has 1 aliphatic heterocycles. The van der Waals surface area contributed by atoms with E-state index in [1.165, 1.54) is 0 Å². The van der Waals surface area contributed by atoms with Crippen LogP contribution in [0.2, 0.25) is 0 Å². The molecule has 0 aliphatic carbocycles. The van der Waals surface area contributed by atoms with Gasteiger partial charge in [-0.1, -0.05) is 6.07 Å². The van der Waals surface area contributed by atoms with Gasteiger partial charge in [-0.15, -0.1) is 0 Å². The Hall–Kier alpha value is -1.95. The second kappa shape index (κ2) is 6.47. The minimum Gasteiger partial charge on any atom is -0.486 e. The average molecular weight is 280 g/mol. The number of rotatable bonds is 4. The summed E-state index contributed by atoms with van der Waals surface area (Å²) in [5.74, 6) is 1.43. The maximum absolute atomic E-state index is 11.7. The molecule has 0 saturated heterocycles. The van der Waals surface area contributed by atoms with Gasteiger partial charge in [-0.25, -0.2) is 4.79 Å². The van der Waals surface area contributed by atoms with Crippen molar-refractivity contribution in [3.63, 3.8) is 0 Å². The number of carbonyl (C=O) groups is 1. The molecule has 0 fully saturated rings. The summed E-state index contributed by atoms with van der Waals surface area (Å²) in [6.07, 6.45) is 0. The monoisotopic (exact) mass is 280 g/mol. The first-order valence-electron chi connectivity index (χ1n) is 6.67. The average Bonchev–Trinajstić information content (AvgIpc) is 2.46. The quantitative estimate of drug-likeness (QED) is 0.774. The van der Waals surface area contributed by atoms with Gasteiger partial charge in [0.25, 0.3) is 0 Å². The van der Waals surface area contributed by atoms with Crippen LogP contribution in [0.25, 0.3) is 0 Å². The molecule has 0 radical (unpaired) electrons. The molecular weight excluding hydrogens is 260 g/mol. The van der Waals surface area contributed by atoms with E-state index in [1.54, 1.807) is 6.92 Å². The minimum absolute atomic E-state index is 0.0914. The molecule has 0 saturated carbocycles. The third-order valence-electron chi connectivity index (χ3n) is 3.07. The largest absolute Gasteiger partial charge is 0.486 e. The van der Waals surface area contributed by atoms with Crippen molar-refractivity contribution in [2.45, 2.75) is 25.9 Å². The molecule has 2 rings (SSSR count). The third kappa shape index (κ3) is 3.54. The van der Waals surface area contributed by atoms with Gasteiger partial charge in [-0.05, 0) is 31.5 Å². The number of amides is 2. The number of fused-ring (bicyclic) bond motifs is 1. The van der Waals surface area contributed by atoms with Crippen LogP contribution in [0, 0.1) is 0 Å². The summed E-state index contributed by atoms with van der Waals surface area (Å²) in [6.45, 7) is 4.61. The summed E-state index contributed by atoms with van der Waals surface area (Å²) >= 11 is 0. The van der Waals surface area contributed by atoms with Crippen LogP contribution in [-0.2, 0) is 0 Å². The second-order valence-electron chi connectivity index (χ2n) is 4.83. The maximum atomic E-state index is 11.7. The van der Waals surface area contributed by atoms with Crippen LogP contribution in [-0.4, -0.2) is 37.0 Å². The lowest BCUT2D eigenvalue weighted by Crippen LogP contribution is -2.43. The summed E-state index contributed by atoms with van der Waals surface area (Å²) in [7, 11) is 0. The smallest absolute Gasteiger partial charge is 0.315 e. The first-order chi connectivity index (χ1) is 9.60. The molecule has 0 unspecified atom stereocenters. The van der Waals surface area contributed by atoms with Gasteiger partial charge in [0.2, 0.25) is 0 Å². The predicted octanol–water partition coefficient (Wildman–Crippen LogP) is 1.20. The number of hydrogen-bond acceptors (Lipinski definition) is 4. The lowest BCUT2D eigenvalue weighted by molar-refractivity contribution is 0.171. The zero-order valence-electron chi connectivity index (χ0n) is 11.7. The Bertz CT molecular complexity index is 478. The topological polar surface area (TPSA) is 79.8 Å². The molecule has 110 valence electrons. The lowest BCUT2D eigenvalue weighted by atomic mass is 10.1. The summed E-state index contributed by atoms with van der Waals surface area (Å²) in [4.78, 5) is 11.7.